The zero-order valence-electron chi connectivity index (χ0n) is 12.7. The molecule has 2 aromatic rings. The number of hydrogen-bond acceptors (Lipinski definition) is 4. The van der Waals surface area contributed by atoms with Crippen LogP contribution in [0.15, 0.2) is 16.5 Å². The Bertz CT molecular complexity index is 677. The lowest BCUT2D eigenvalue weighted by Gasteiger charge is -2.29. The topological polar surface area (TPSA) is 45.8 Å². The van der Waals surface area contributed by atoms with Gasteiger partial charge in [0.05, 0.1) is 9.09 Å². The SMILES string of the molecule is CC1(C)CC(=O)c2c(SCCCCl)sc(-c3cc[nH]n3)c2C1. The predicted molar refractivity (Wildman–Crippen MR) is 94.4 cm³/mol. The van der Waals surface area contributed by atoms with Gasteiger partial charge >= 0.3 is 0 Å². The van der Waals surface area contributed by atoms with Crippen LogP contribution in [0.5, 0.6) is 0 Å². The van der Waals surface area contributed by atoms with Crippen molar-refractivity contribution in [2.45, 2.75) is 37.3 Å². The van der Waals surface area contributed by atoms with E-state index in [0.717, 1.165) is 38.9 Å². The second-order valence-corrected chi connectivity index (χ2v) is 9.13. The standard InChI is InChI=1S/C16H19ClN2OS2/c1-16(2)8-10-13(12(20)9-16)15(21-7-3-5-17)22-14(10)11-4-6-18-19-11/h4,6H,3,5,7-9H2,1-2H3,(H,18,19). The van der Waals surface area contributed by atoms with Crippen LogP contribution >= 0.6 is 34.7 Å². The molecular formula is C16H19ClN2OS2. The molecule has 3 nitrogen and oxygen atoms in total. The number of nitrogens with zero attached hydrogens (tertiary/aromatic N) is 1. The second-order valence-electron chi connectivity index (χ2n) is 6.36. The smallest absolute Gasteiger partial charge is 0.165 e. The summed E-state index contributed by atoms with van der Waals surface area (Å²) in [5.74, 6) is 1.89. The molecule has 3 rings (SSSR count). The van der Waals surface area contributed by atoms with Gasteiger partial charge < -0.3 is 0 Å². The number of aromatic amines is 1. The first-order chi connectivity index (χ1) is 10.5. The van der Waals surface area contributed by atoms with Crippen LogP contribution in [-0.2, 0) is 6.42 Å². The Balaban J connectivity index is 2.05. The zero-order chi connectivity index (χ0) is 15.7. The van der Waals surface area contributed by atoms with Crippen LogP contribution in [0.25, 0.3) is 10.6 Å². The number of rotatable bonds is 5. The summed E-state index contributed by atoms with van der Waals surface area (Å²) in [6, 6.07) is 1.98. The molecule has 0 saturated heterocycles. The number of carbonyl (C=O) groups is 1. The Morgan fingerprint density at radius 2 is 2.27 bits per heavy atom. The highest BCUT2D eigenvalue weighted by molar-refractivity contribution is 8.01. The molecule has 2 heterocycles. The van der Waals surface area contributed by atoms with Gasteiger partial charge in [-0.05, 0) is 35.6 Å². The molecule has 0 atom stereocenters. The Hall–Kier alpha value is -0.780. The van der Waals surface area contributed by atoms with Crippen LogP contribution in [-0.4, -0.2) is 27.6 Å². The fourth-order valence-electron chi connectivity index (χ4n) is 2.87. The monoisotopic (exact) mass is 354 g/mol. The summed E-state index contributed by atoms with van der Waals surface area (Å²) in [7, 11) is 0. The number of alkyl halides is 1. The van der Waals surface area contributed by atoms with Gasteiger partial charge in [0.25, 0.3) is 0 Å². The van der Waals surface area contributed by atoms with E-state index in [2.05, 4.69) is 24.0 Å². The lowest BCUT2D eigenvalue weighted by atomic mass is 9.74. The Kier molecular flexibility index (Phi) is 4.67. The highest BCUT2D eigenvalue weighted by Crippen LogP contribution is 2.48. The number of halogens is 1. The number of thioether (sulfide) groups is 1. The number of fused-ring (bicyclic) bond motifs is 1. The predicted octanol–water partition coefficient (Wildman–Crippen LogP) is 5.01. The molecule has 0 radical (unpaired) electrons. The van der Waals surface area contributed by atoms with Crippen molar-refractivity contribution in [1.82, 2.24) is 10.2 Å². The minimum absolute atomic E-state index is 0.0221. The Morgan fingerprint density at radius 3 is 2.95 bits per heavy atom. The van der Waals surface area contributed by atoms with E-state index in [1.807, 2.05) is 12.3 Å². The van der Waals surface area contributed by atoms with Crippen molar-refractivity contribution in [3.05, 3.63) is 23.4 Å². The summed E-state index contributed by atoms with van der Waals surface area (Å²) < 4.78 is 1.14. The molecular weight excluding hydrogens is 336 g/mol. The van der Waals surface area contributed by atoms with Crippen molar-refractivity contribution in [2.75, 3.05) is 11.6 Å². The van der Waals surface area contributed by atoms with Gasteiger partial charge in [-0.2, -0.15) is 5.10 Å². The van der Waals surface area contributed by atoms with Crippen molar-refractivity contribution in [3.8, 4) is 10.6 Å². The maximum atomic E-state index is 12.7. The van der Waals surface area contributed by atoms with Crippen molar-refractivity contribution >= 4 is 40.5 Å². The third kappa shape index (κ3) is 3.12. The Morgan fingerprint density at radius 1 is 1.45 bits per heavy atom. The highest BCUT2D eigenvalue weighted by Gasteiger charge is 2.36. The molecule has 0 bridgehead atoms. The van der Waals surface area contributed by atoms with Crippen LogP contribution in [0.4, 0.5) is 0 Å². The van der Waals surface area contributed by atoms with Crippen molar-refractivity contribution in [2.24, 2.45) is 5.41 Å². The molecule has 0 unspecified atom stereocenters. The van der Waals surface area contributed by atoms with Crippen LogP contribution in [0.2, 0.25) is 0 Å². The molecule has 0 fully saturated rings. The molecule has 118 valence electrons. The summed E-state index contributed by atoms with van der Waals surface area (Å²) in [5, 5.41) is 7.20. The number of nitrogens with one attached hydrogen (secondary N) is 1. The van der Waals surface area contributed by atoms with Crippen LogP contribution in [0, 0.1) is 5.41 Å². The second kappa shape index (κ2) is 6.38. The number of thiophene rings is 1. The maximum Gasteiger partial charge on any atom is 0.165 e. The van der Waals surface area contributed by atoms with E-state index in [4.69, 9.17) is 11.6 Å². The summed E-state index contributed by atoms with van der Waals surface area (Å²) >= 11 is 9.23. The van der Waals surface area contributed by atoms with Crippen LogP contribution in [0.3, 0.4) is 0 Å². The van der Waals surface area contributed by atoms with Crippen molar-refractivity contribution in [3.63, 3.8) is 0 Å². The van der Waals surface area contributed by atoms with Crippen LogP contribution < -0.4 is 0 Å². The molecule has 0 aromatic carbocycles. The first-order valence-electron chi connectivity index (χ1n) is 7.39. The normalized spacial score (nSPS) is 16.8. The summed E-state index contributed by atoms with van der Waals surface area (Å²) in [6.45, 7) is 4.33. The van der Waals surface area contributed by atoms with Gasteiger partial charge in [-0.25, -0.2) is 0 Å². The molecule has 6 heteroatoms. The molecule has 1 N–H and O–H groups in total. The average molecular weight is 355 g/mol. The van der Waals surface area contributed by atoms with E-state index in [0.29, 0.717) is 12.3 Å². The quantitative estimate of drug-likeness (QED) is 0.466. The van der Waals surface area contributed by atoms with Gasteiger partial charge in [0, 0.05) is 24.1 Å². The van der Waals surface area contributed by atoms with Crippen molar-refractivity contribution in [1.29, 1.82) is 0 Å². The largest absolute Gasteiger partial charge is 0.294 e. The minimum atomic E-state index is 0.0221. The van der Waals surface area contributed by atoms with Gasteiger partial charge in [0.2, 0.25) is 0 Å². The first-order valence-corrected chi connectivity index (χ1v) is 9.73. The Labute approximate surface area is 143 Å². The lowest BCUT2D eigenvalue weighted by molar-refractivity contribution is 0.0910. The molecule has 0 aliphatic heterocycles. The van der Waals surface area contributed by atoms with E-state index in [-0.39, 0.29) is 11.2 Å². The number of Topliss-reactive ketones (excluding diaryl/α,β-unsaturated/α-hetero) is 1. The third-order valence-corrected chi connectivity index (χ3v) is 6.67. The average Bonchev–Trinajstić information content (AvgIpc) is 3.05. The summed E-state index contributed by atoms with van der Waals surface area (Å²) in [6.07, 6.45) is 4.34. The number of H-pyrrole nitrogens is 1. The number of aromatic nitrogens is 2. The number of hydrogen-bond donors (Lipinski definition) is 1. The van der Waals surface area contributed by atoms with Gasteiger partial charge in [0.15, 0.2) is 5.78 Å². The lowest BCUT2D eigenvalue weighted by Crippen LogP contribution is -2.26. The molecule has 2 aromatic heterocycles. The third-order valence-electron chi connectivity index (χ3n) is 3.79. The highest BCUT2D eigenvalue weighted by atomic mass is 35.5. The zero-order valence-corrected chi connectivity index (χ0v) is 15.1. The minimum Gasteiger partial charge on any atom is -0.294 e. The molecule has 1 aliphatic carbocycles. The number of ketones is 1. The summed E-state index contributed by atoms with van der Waals surface area (Å²) in [4.78, 5) is 13.8. The molecule has 0 amide bonds. The van der Waals surface area contributed by atoms with E-state index in [1.165, 1.54) is 5.56 Å². The molecule has 0 saturated carbocycles. The van der Waals surface area contributed by atoms with Crippen LogP contribution in [0.1, 0.15) is 42.6 Å². The number of carbonyl (C=O) groups excluding carboxylic acids is 1. The van der Waals surface area contributed by atoms with Gasteiger partial charge in [0.1, 0.15) is 5.69 Å². The molecule has 22 heavy (non-hydrogen) atoms. The van der Waals surface area contributed by atoms with Gasteiger partial charge in [-0.1, -0.05) is 13.8 Å². The van der Waals surface area contributed by atoms with Gasteiger partial charge in [-0.15, -0.1) is 34.7 Å². The van der Waals surface area contributed by atoms with E-state index >= 15 is 0 Å². The van der Waals surface area contributed by atoms with E-state index < -0.39 is 0 Å². The molecule has 0 spiro atoms. The maximum absolute atomic E-state index is 12.7. The summed E-state index contributed by atoms with van der Waals surface area (Å²) in [5.41, 5.74) is 3.10. The fourth-order valence-corrected chi connectivity index (χ4v) is 5.80. The van der Waals surface area contributed by atoms with Gasteiger partial charge in [-0.3, -0.25) is 9.89 Å². The van der Waals surface area contributed by atoms with Crippen molar-refractivity contribution < 1.29 is 4.79 Å². The van der Waals surface area contributed by atoms with E-state index in [9.17, 15) is 4.79 Å². The molecule has 1 aliphatic rings. The van der Waals surface area contributed by atoms with E-state index in [1.54, 1.807) is 23.1 Å². The first kappa shape index (κ1) is 16.1. The fraction of sp³-hybridized carbons (Fsp3) is 0.500.